The van der Waals surface area contributed by atoms with Gasteiger partial charge in [0.25, 0.3) is 0 Å². The highest BCUT2D eigenvalue weighted by Crippen LogP contribution is 2.31. The number of benzene rings is 2. The first-order valence-electron chi connectivity index (χ1n) is 7.09. The summed E-state index contributed by atoms with van der Waals surface area (Å²) in [6, 6.07) is 9.20. The first-order valence-corrected chi connectivity index (χ1v) is 8.96. The molecule has 0 bridgehead atoms. The zero-order valence-electron chi connectivity index (χ0n) is 13.5. The predicted octanol–water partition coefficient (Wildman–Crippen LogP) is 5.21. The second-order valence-corrected chi connectivity index (χ2v) is 7.19. The Hall–Kier alpha value is -1.32. The van der Waals surface area contributed by atoms with Crippen LogP contribution in [0.1, 0.15) is 16.7 Å². The van der Waals surface area contributed by atoms with E-state index in [0.717, 1.165) is 19.2 Å². The summed E-state index contributed by atoms with van der Waals surface area (Å²) in [7, 11) is 1.21. The van der Waals surface area contributed by atoms with Crippen LogP contribution in [0.5, 0.6) is 5.75 Å². The topological polar surface area (TPSA) is 59.0 Å². The van der Waals surface area contributed by atoms with Gasteiger partial charge in [-0.25, -0.2) is 4.79 Å². The van der Waals surface area contributed by atoms with Crippen molar-refractivity contribution >= 4 is 50.3 Å². The first kappa shape index (κ1) is 19.0. The molecule has 0 aliphatic rings. The molecule has 0 heterocycles. The number of carbonyl (C=O) groups excluding carboxylic acids is 1. The van der Waals surface area contributed by atoms with E-state index in [0.29, 0.717) is 22.1 Å². The van der Waals surface area contributed by atoms with Gasteiger partial charge in [0.2, 0.25) is 0 Å². The molecule has 0 saturated carbocycles. The number of ether oxygens (including phenoxy) is 2. The number of aryl methyl sites for hydroxylation is 2. The van der Waals surface area contributed by atoms with Crippen molar-refractivity contribution in [3.05, 3.63) is 55.1 Å². The number of hydrogen-bond donors (Lipinski definition) is 1. The molecule has 0 aliphatic heterocycles. The molecule has 2 aromatic rings. The molecule has 5 nitrogen and oxygen atoms in total. The summed E-state index contributed by atoms with van der Waals surface area (Å²) in [4.78, 5) is 11.6. The Balaban J connectivity index is 2.30. The lowest BCUT2D eigenvalue weighted by atomic mass is 10.1. The molecule has 128 valence electrons. The third-order valence-corrected chi connectivity index (χ3v) is 5.22. The number of methoxy groups -OCH3 is 1. The Morgan fingerprint density at radius 2 is 1.96 bits per heavy atom. The Labute approximate surface area is 162 Å². The highest BCUT2D eigenvalue weighted by Gasteiger charge is 2.19. The lowest BCUT2D eigenvalue weighted by Gasteiger charge is -2.19. The Bertz CT molecular complexity index is 766. The van der Waals surface area contributed by atoms with Crippen LogP contribution in [0.15, 0.2) is 34.8 Å². The maximum absolute atomic E-state index is 11.6. The Morgan fingerprint density at radius 3 is 2.62 bits per heavy atom. The number of rotatable bonds is 4. The SMILES string of the molecule is COC(=O)N(O)c1cccc(I)c1COc1cc(C)c(C)cc1Br. The molecule has 2 aromatic carbocycles. The summed E-state index contributed by atoms with van der Waals surface area (Å²) in [5, 5.41) is 10.5. The third kappa shape index (κ3) is 4.20. The minimum Gasteiger partial charge on any atom is -0.488 e. The number of nitrogens with zero attached hydrogens (tertiary/aromatic N) is 1. The molecule has 7 heteroatoms. The van der Waals surface area contributed by atoms with E-state index in [1.54, 1.807) is 12.1 Å². The molecule has 0 saturated heterocycles. The summed E-state index contributed by atoms with van der Waals surface area (Å²) >= 11 is 5.63. The van der Waals surface area contributed by atoms with Crippen LogP contribution in [-0.2, 0) is 11.3 Å². The second kappa shape index (κ2) is 8.17. The van der Waals surface area contributed by atoms with E-state index in [2.05, 4.69) is 43.3 Å². The van der Waals surface area contributed by atoms with Crippen LogP contribution >= 0.6 is 38.5 Å². The summed E-state index contributed by atoms with van der Waals surface area (Å²) in [5.74, 6) is 0.700. The fraction of sp³-hybridized carbons (Fsp3) is 0.235. The fourth-order valence-electron chi connectivity index (χ4n) is 2.09. The molecule has 0 atom stereocenters. The first-order chi connectivity index (χ1) is 11.3. The Kier molecular flexibility index (Phi) is 6.47. The predicted molar refractivity (Wildman–Crippen MR) is 104 cm³/mol. The van der Waals surface area contributed by atoms with E-state index in [9.17, 15) is 10.0 Å². The lowest BCUT2D eigenvalue weighted by molar-refractivity contribution is 0.140. The zero-order valence-corrected chi connectivity index (χ0v) is 17.2. The normalized spacial score (nSPS) is 10.4. The largest absolute Gasteiger partial charge is 0.488 e. The molecule has 0 radical (unpaired) electrons. The molecular formula is C17H17BrINO4. The van der Waals surface area contributed by atoms with E-state index in [4.69, 9.17) is 4.74 Å². The van der Waals surface area contributed by atoms with Gasteiger partial charge >= 0.3 is 6.09 Å². The lowest BCUT2D eigenvalue weighted by Crippen LogP contribution is -2.28. The van der Waals surface area contributed by atoms with E-state index in [-0.39, 0.29) is 6.61 Å². The molecule has 0 fully saturated rings. The van der Waals surface area contributed by atoms with Crippen molar-refractivity contribution in [3.63, 3.8) is 0 Å². The molecular weight excluding hydrogens is 489 g/mol. The van der Waals surface area contributed by atoms with Crippen LogP contribution in [0.2, 0.25) is 0 Å². The minimum atomic E-state index is -0.856. The number of anilines is 1. The summed E-state index contributed by atoms with van der Waals surface area (Å²) in [6.07, 6.45) is -0.856. The van der Waals surface area contributed by atoms with Crippen molar-refractivity contribution in [1.82, 2.24) is 0 Å². The van der Waals surface area contributed by atoms with Gasteiger partial charge in [-0.15, -0.1) is 0 Å². The van der Waals surface area contributed by atoms with E-state index in [1.165, 1.54) is 7.11 Å². The molecule has 0 aliphatic carbocycles. The average Bonchev–Trinajstić information content (AvgIpc) is 2.56. The van der Waals surface area contributed by atoms with Crippen LogP contribution in [0.4, 0.5) is 10.5 Å². The highest BCUT2D eigenvalue weighted by atomic mass is 127. The molecule has 0 unspecified atom stereocenters. The molecule has 1 amide bonds. The zero-order chi connectivity index (χ0) is 17.9. The summed E-state index contributed by atoms with van der Waals surface area (Å²) in [5.41, 5.74) is 3.30. The summed E-state index contributed by atoms with van der Waals surface area (Å²) in [6.45, 7) is 4.24. The van der Waals surface area contributed by atoms with Gasteiger partial charge in [0.15, 0.2) is 0 Å². The molecule has 0 spiro atoms. The van der Waals surface area contributed by atoms with Crippen molar-refractivity contribution in [3.8, 4) is 5.75 Å². The number of hydrogen-bond acceptors (Lipinski definition) is 4. The minimum absolute atomic E-state index is 0.198. The van der Waals surface area contributed by atoms with E-state index < -0.39 is 6.09 Å². The summed E-state index contributed by atoms with van der Waals surface area (Å²) < 4.78 is 12.2. The third-order valence-electron chi connectivity index (χ3n) is 3.59. The number of hydroxylamine groups is 1. The van der Waals surface area contributed by atoms with Crippen LogP contribution in [0.25, 0.3) is 0 Å². The Morgan fingerprint density at radius 1 is 1.29 bits per heavy atom. The van der Waals surface area contributed by atoms with Crippen LogP contribution in [-0.4, -0.2) is 18.4 Å². The molecule has 0 aromatic heterocycles. The smallest absolute Gasteiger partial charge is 0.438 e. The molecule has 24 heavy (non-hydrogen) atoms. The number of halogens is 2. The van der Waals surface area contributed by atoms with Crippen molar-refractivity contribution in [2.75, 3.05) is 12.2 Å². The maximum Gasteiger partial charge on any atom is 0.438 e. The van der Waals surface area contributed by atoms with Crippen LogP contribution in [0.3, 0.4) is 0 Å². The maximum atomic E-state index is 11.6. The van der Waals surface area contributed by atoms with E-state index in [1.807, 2.05) is 32.0 Å². The number of amides is 1. The fourth-order valence-corrected chi connectivity index (χ4v) is 3.30. The average molecular weight is 506 g/mol. The van der Waals surface area contributed by atoms with Gasteiger partial charge in [0.1, 0.15) is 12.4 Å². The van der Waals surface area contributed by atoms with Crippen LogP contribution in [0, 0.1) is 17.4 Å². The quantitative estimate of drug-likeness (QED) is 0.352. The van der Waals surface area contributed by atoms with E-state index >= 15 is 0 Å². The number of carbonyl (C=O) groups is 1. The van der Waals surface area contributed by atoms with Gasteiger partial charge < -0.3 is 9.47 Å². The van der Waals surface area contributed by atoms with Crippen LogP contribution < -0.4 is 9.80 Å². The van der Waals surface area contributed by atoms with Crippen molar-refractivity contribution in [2.24, 2.45) is 0 Å². The van der Waals surface area contributed by atoms with Gasteiger partial charge in [0, 0.05) is 9.13 Å². The van der Waals surface area contributed by atoms with Crippen molar-refractivity contribution < 1.29 is 19.5 Å². The van der Waals surface area contributed by atoms with Crippen molar-refractivity contribution in [2.45, 2.75) is 20.5 Å². The van der Waals surface area contributed by atoms with Gasteiger partial charge in [-0.2, -0.15) is 5.06 Å². The van der Waals surface area contributed by atoms with Gasteiger partial charge in [-0.3, -0.25) is 5.21 Å². The van der Waals surface area contributed by atoms with Gasteiger partial charge in [0.05, 0.1) is 17.3 Å². The van der Waals surface area contributed by atoms with Gasteiger partial charge in [-0.1, -0.05) is 6.07 Å². The monoisotopic (exact) mass is 505 g/mol. The molecule has 2 rings (SSSR count). The van der Waals surface area contributed by atoms with Crippen molar-refractivity contribution in [1.29, 1.82) is 0 Å². The van der Waals surface area contributed by atoms with Gasteiger partial charge in [-0.05, 0) is 87.8 Å². The standard InChI is InChI=1S/C17H17BrINO4/c1-10-7-13(18)16(8-11(10)2)24-9-12-14(19)5-4-6-15(12)20(22)17(21)23-3/h4-8,22H,9H2,1-3H3. The second-order valence-electron chi connectivity index (χ2n) is 5.17. The highest BCUT2D eigenvalue weighted by molar-refractivity contribution is 14.1. The molecule has 1 N–H and O–H groups in total.